The van der Waals surface area contributed by atoms with Crippen molar-refractivity contribution >= 4 is 32.7 Å². The molecule has 0 saturated carbocycles. The average Bonchev–Trinajstić information content (AvgIpc) is 3.43. The van der Waals surface area contributed by atoms with E-state index in [0.717, 1.165) is 11.3 Å². The molecule has 1 aliphatic rings. The van der Waals surface area contributed by atoms with Crippen molar-refractivity contribution in [3.05, 3.63) is 121 Å². The highest BCUT2D eigenvalue weighted by molar-refractivity contribution is 6.19. The average molecular weight is 445 g/mol. The number of pyridine rings is 1. The minimum atomic E-state index is 0.988. The van der Waals surface area contributed by atoms with Gasteiger partial charge in [0.25, 0.3) is 0 Å². The Bertz CT molecular complexity index is 1910. The Hall–Kier alpha value is -4.69. The van der Waals surface area contributed by atoms with Gasteiger partial charge in [0.2, 0.25) is 0 Å². The van der Waals surface area contributed by atoms with Gasteiger partial charge in [0, 0.05) is 22.7 Å². The fourth-order valence-corrected chi connectivity index (χ4v) is 5.91. The number of benzene rings is 5. The van der Waals surface area contributed by atoms with Gasteiger partial charge in [-0.25, -0.2) is 4.98 Å². The molecule has 0 fully saturated rings. The summed E-state index contributed by atoms with van der Waals surface area (Å²) in [7, 11) is 0. The van der Waals surface area contributed by atoms with Crippen LogP contribution in [0.5, 0.6) is 0 Å². The number of hydrogen-bond donors (Lipinski definition) is 0. The van der Waals surface area contributed by atoms with Crippen LogP contribution in [0.2, 0.25) is 0 Å². The number of rotatable bonds is 2. The van der Waals surface area contributed by atoms with E-state index in [0.29, 0.717) is 0 Å². The van der Waals surface area contributed by atoms with Crippen molar-refractivity contribution in [2.45, 2.75) is 0 Å². The highest BCUT2D eigenvalue weighted by atomic mass is 15.0. The van der Waals surface area contributed by atoms with E-state index in [4.69, 9.17) is 4.98 Å². The van der Waals surface area contributed by atoms with Crippen LogP contribution in [0.3, 0.4) is 0 Å². The van der Waals surface area contributed by atoms with Crippen LogP contribution in [0.15, 0.2) is 121 Å². The topological polar surface area (TPSA) is 17.8 Å². The maximum absolute atomic E-state index is 4.76. The lowest BCUT2D eigenvalue weighted by Gasteiger charge is -2.11. The van der Waals surface area contributed by atoms with E-state index < -0.39 is 0 Å². The highest BCUT2D eigenvalue weighted by Gasteiger charge is 2.22. The molecule has 7 aromatic rings. The number of para-hydroxylation sites is 1. The van der Waals surface area contributed by atoms with E-state index in [-0.39, 0.29) is 0 Å². The lowest BCUT2D eigenvalue weighted by Crippen LogP contribution is -1.94. The minimum Gasteiger partial charge on any atom is -0.294 e. The Morgan fingerprint density at radius 2 is 1.20 bits per heavy atom. The lowest BCUT2D eigenvalue weighted by molar-refractivity contribution is 1.14. The quantitative estimate of drug-likeness (QED) is 0.261. The molecular formula is C33H20N2. The second-order valence-electron chi connectivity index (χ2n) is 9.21. The van der Waals surface area contributed by atoms with Crippen LogP contribution in [0.25, 0.3) is 71.8 Å². The monoisotopic (exact) mass is 444 g/mol. The first-order chi connectivity index (χ1) is 17.4. The Labute approximate surface area is 202 Å². The van der Waals surface area contributed by atoms with Crippen LogP contribution < -0.4 is 0 Å². The van der Waals surface area contributed by atoms with Crippen molar-refractivity contribution in [1.29, 1.82) is 0 Å². The maximum atomic E-state index is 4.76. The van der Waals surface area contributed by atoms with Crippen molar-refractivity contribution < 1.29 is 0 Å². The molecular weight excluding hydrogens is 424 g/mol. The Morgan fingerprint density at radius 1 is 0.486 bits per heavy atom. The summed E-state index contributed by atoms with van der Waals surface area (Å²) in [6, 6.07) is 41.6. The summed E-state index contributed by atoms with van der Waals surface area (Å²) in [5, 5.41) is 5.06. The molecule has 35 heavy (non-hydrogen) atoms. The third-order valence-corrected chi connectivity index (χ3v) is 7.40. The normalized spacial score (nSPS) is 12.0. The smallest absolute Gasteiger partial charge is 0.145 e. The zero-order valence-corrected chi connectivity index (χ0v) is 18.9. The van der Waals surface area contributed by atoms with Gasteiger partial charge in [-0.1, -0.05) is 78.9 Å². The molecule has 2 heteroatoms. The number of hydrogen-bond acceptors (Lipinski definition) is 1. The zero-order chi connectivity index (χ0) is 22.9. The van der Waals surface area contributed by atoms with Gasteiger partial charge < -0.3 is 0 Å². The molecule has 0 N–H and O–H groups in total. The molecule has 2 heterocycles. The molecule has 8 rings (SSSR count). The highest BCUT2D eigenvalue weighted by Crippen LogP contribution is 2.49. The maximum Gasteiger partial charge on any atom is 0.145 e. The summed E-state index contributed by atoms with van der Waals surface area (Å²) in [4.78, 5) is 4.76. The van der Waals surface area contributed by atoms with Crippen LogP contribution in [-0.2, 0) is 0 Å². The Morgan fingerprint density at radius 3 is 2.06 bits per heavy atom. The van der Waals surface area contributed by atoms with Gasteiger partial charge in [0.05, 0.1) is 5.52 Å². The van der Waals surface area contributed by atoms with E-state index >= 15 is 0 Å². The van der Waals surface area contributed by atoms with E-state index in [1.165, 1.54) is 60.4 Å². The SMILES string of the molecule is c1ccc(-n2c3ccc(-c4ccc5c6c(cccc46)-c4ccccc4-5)cc3c3cccnc32)cc1. The first-order valence-electron chi connectivity index (χ1n) is 12.0. The number of fused-ring (bicyclic) bond motifs is 6. The summed E-state index contributed by atoms with van der Waals surface area (Å²) in [5.74, 6) is 0. The molecule has 0 aliphatic heterocycles. The van der Waals surface area contributed by atoms with E-state index in [2.05, 4.69) is 114 Å². The van der Waals surface area contributed by atoms with Crippen LogP contribution in [0.1, 0.15) is 0 Å². The molecule has 5 aromatic carbocycles. The molecule has 0 radical (unpaired) electrons. The van der Waals surface area contributed by atoms with Crippen molar-refractivity contribution in [2.24, 2.45) is 0 Å². The molecule has 0 atom stereocenters. The first-order valence-corrected chi connectivity index (χ1v) is 12.0. The van der Waals surface area contributed by atoms with Crippen molar-refractivity contribution in [2.75, 3.05) is 0 Å². The molecule has 1 aliphatic carbocycles. The first kappa shape index (κ1) is 18.7. The second-order valence-corrected chi connectivity index (χ2v) is 9.21. The fraction of sp³-hybridized carbons (Fsp3) is 0. The van der Waals surface area contributed by atoms with Gasteiger partial charge in [0.15, 0.2) is 0 Å². The van der Waals surface area contributed by atoms with E-state index in [1.807, 2.05) is 12.3 Å². The summed E-state index contributed by atoms with van der Waals surface area (Å²) < 4.78 is 2.26. The van der Waals surface area contributed by atoms with E-state index in [9.17, 15) is 0 Å². The van der Waals surface area contributed by atoms with Crippen LogP contribution >= 0.6 is 0 Å². The predicted molar refractivity (Wildman–Crippen MR) is 146 cm³/mol. The fourth-order valence-electron chi connectivity index (χ4n) is 5.91. The Kier molecular flexibility index (Phi) is 3.69. The second kappa shape index (κ2) is 6.91. The molecule has 2 nitrogen and oxygen atoms in total. The zero-order valence-electron chi connectivity index (χ0n) is 18.9. The van der Waals surface area contributed by atoms with Gasteiger partial charge in [0.1, 0.15) is 5.65 Å². The summed E-state index contributed by atoms with van der Waals surface area (Å²) in [6.45, 7) is 0. The standard InChI is InChI=1S/C33H20N2/c1-2-8-22(9-3-1)35-31-18-15-21(20-30(31)29-14-7-19-34-33(29)35)23-16-17-28-25-11-5-4-10-24(25)27-13-6-12-26(23)32(27)28/h1-20H. The van der Waals surface area contributed by atoms with Crippen LogP contribution in [0.4, 0.5) is 0 Å². The van der Waals surface area contributed by atoms with Crippen LogP contribution in [0, 0.1) is 0 Å². The predicted octanol–water partition coefficient (Wildman–Crippen LogP) is 8.65. The third kappa shape index (κ3) is 2.51. The summed E-state index contributed by atoms with van der Waals surface area (Å²) >= 11 is 0. The number of nitrogens with zero attached hydrogens (tertiary/aromatic N) is 2. The molecule has 0 bridgehead atoms. The van der Waals surface area contributed by atoms with Gasteiger partial charge in [-0.3, -0.25) is 4.57 Å². The van der Waals surface area contributed by atoms with Gasteiger partial charge in [-0.2, -0.15) is 0 Å². The largest absolute Gasteiger partial charge is 0.294 e. The molecule has 0 amide bonds. The summed E-state index contributed by atoms with van der Waals surface area (Å²) in [5.41, 5.74) is 11.1. The third-order valence-electron chi connectivity index (χ3n) is 7.40. The summed E-state index contributed by atoms with van der Waals surface area (Å²) in [6.07, 6.45) is 1.88. The molecule has 2 aromatic heterocycles. The molecule has 0 saturated heterocycles. The minimum absolute atomic E-state index is 0.988. The van der Waals surface area contributed by atoms with Crippen molar-refractivity contribution in [1.82, 2.24) is 9.55 Å². The van der Waals surface area contributed by atoms with Crippen LogP contribution in [-0.4, -0.2) is 9.55 Å². The Balaban J connectivity index is 1.41. The van der Waals surface area contributed by atoms with E-state index in [1.54, 1.807) is 0 Å². The molecule has 0 spiro atoms. The van der Waals surface area contributed by atoms with Gasteiger partial charge in [-0.15, -0.1) is 0 Å². The molecule has 0 unspecified atom stereocenters. The lowest BCUT2D eigenvalue weighted by atomic mass is 9.93. The molecule has 162 valence electrons. The van der Waals surface area contributed by atoms with Gasteiger partial charge >= 0.3 is 0 Å². The van der Waals surface area contributed by atoms with Crippen molar-refractivity contribution in [3.63, 3.8) is 0 Å². The number of aromatic nitrogens is 2. The van der Waals surface area contributed by atoms with Crippen molar-refractivity contribution in [3.8, 4) is 39.1 Å². The van der Waals surface area contributed by atoms with Gasteiger partial charge in [-0.05, 0) is 80.6 Å².